The summed E-state index contributed by atoms with van der Waals surface area (Å²) >= 11 is 0. The molecule has 1 aromatic carbocycles. The molecule has 6 nitrogen and oxygen atoms in total. The summed E-state index contributed by atoms with van der Waals surface area (Å²) in [7, 11) is 4.83. The van der Waals surface area contributed by atoms with E-state index in [4.69, 9.17) is 14.2 Å². The fraction of sp³-hybridized carbons (Fsp3) is 0.522. The van der Waals surface area contributed by atoms with Gasteiger partial charge >= 0.3 is 5.97 Å². The molecule has 29 heavy (non-hydrogen) atoms. The first-order valence-electron chi connectivity index (χ1n) is 10.4. The summed E-state index contributed by atoms with van der Waals surface area (Å²) in [4.78, 5) is 18.7. The van der Waals surface area contributed by atoms with Crippen LogP contribution in [0.4, 0.5) is 0 Å². The zero-order valence-electron chi connectivity index (χ0n) is 17.3. The zero-order chi connectivity index (χ0) is 20.1. The maximum atomic E-state index is 12.4. The van der Waals surface area contributed by atoms with Gasteiger partial charge in [0.05, 0.1) is 27.4 Å². The molecule has 1 fully saturated rings. The van der Waals surface area contributed by atoms with Gasteiger partial charge in [0, 0.05) is 41.3 Å². The van der Waals surface area contributed by atoms with Crippen molar-refractivity contribution < 1.29 is 19.0 Å². The molecule has 2 aromatic rings. The van der Waals surface area contributed by atoms with Crippen molar-refractivity contribution >= 4 is 16.9 Å². The number of benzene rings is 1. The van der Waals surface area contributed by atoms with Crippen LogP contribution in [0.3, 0.4) is 0 Å². The number of aromatic amines is 1. The highest BCUT2D eigenvalue weighted by molar-refractivity contribution is 5.90. The predicted octanol–water partition coefficient (Wildman–Crippen LogP) is 3.61. The van der Waals surface area contributed by atoms with Crippen molar-refractivity contribution in [2.24, 2.45) is 11.8 Å². The predicted molar refractivity (Wildman–Crippen MR) is 110 cm³/mol. The fourth-order valence-electron chi connectivity index (χ4n) is 5.72. The third-order valence-electron chi connectivity index (χ3n) is 7.10. The molecule has 1 N–H and O–H groups in total. The molecule has 1 saturated heterocycles. The van der Waals surface area contributed by atoms with E-state index in [1.54, 1.807) is 14.2 Å². The number of methoxy groups -OCH3 is 3. The average molecular weight is 396 g/mol. The van der Waals surface area contributed by atoms with Crippen LogP contribution in [0.5, 0.6) is 11.5 Å². The molecule has 3 aliphatic rings. The quantitative estimate of drug-likeness (QED) is 0.803. The number of piperidine rings is 1. The minimum atomic E-state index is -0.157. The van der Waals surface area contributed by atoms with Gasteiger partial charge < -0.3 is 19.2 Å². The van der Waals surface area contributed by atoms with Crippen molar-refractivity contribution in [2.75, 3.05) is 34.4 Å². The Hall–Kier alpha value is -2.47. The molecule has 3 atom stereocenters. The third kappa shape index (κ3) is 2.84. The summed E-state index contributed by atoms with van der Waals surface area (Å²) in [5.41, 5.74) is 4.63. The van der Waals surface area contributed by atoms with Crippen LogP contribution in [-0.2, 0) is 16.0 Å². The highest BCUT2D eigenvalue weighted by Crippen LogP contribution is 2.48. The van der Waals surface area contributed by atoms with Crippen molar-refractivity contribution in [1.82, 2.24) is 9.88 Å². The normalized spacial score (nSPS) is 26.2. The molecule has 1 aromatic heterocycles. The molecule has 3 heterocycles. The number of nitrogens with zero attached hydrogens (tertiary/aromatic N) is 1. The number of nitrogens with one attached hydrogen (secondary N) is 1. The molecular formula is C23H28N2O4. The third-order valence-corrected chi connectivity index (χ3v) is 7.10. The van der Waals surface area contributed by atoms with Crippen LogP contribution in [0.2, 0.25) is 0 Å². The number of carbonyl (C=O) groups excluding carboxylic acids is 1. The topological polar surface area (TPSA) is 63.8 Å². The number of carbonyl (C=O) groups is 1. The van der Waals surface area contributed by atoms with Crippen LogP contribution in [0.25, 0.3) is 10.9 Å². The SMILES string of the molecule is COC(=O)C1=CCC[C@H]2CN3CCc4c([nH]c5cc(OC)c(OC)cc45)[C@@H]3C[C@H]12. The van der Waals surface area contributed by atoms with Gasteiger partial charge in [0.15, 0.2) is 11.5 Å². The largest absolute Gasteiger partial charge is 0.493 e. The summed E-state index contributed by atoms with van der Waals surface area (Å²) in [6.07, 6.45) is 6.22. The van der Waals surface area contributed by atoms with E-state index in [2.05, 4.69) is 22.0 Å². The highest BCUT2D eigenvalue weighted by atomic mass is 16.5. The van der Waals surface area contributed by atoms with E-state index < -0.39 is 0 Å². The summed E-state index contributed by atoms with van der Waals surface area (Å²) in [5.74, 6) is 2.16. The number of aromatic nitrogens is 1. The van der Waals surface area contributed by atoms with E-state index in [0.29, 0.717) is 12.0 Å². The van der Waals surface area contributed by atoms with Gasteiger partial charge in [0.25, 0.3) is 0 Å². The van der Waals surface area contributed by atoms with Crippen LogP contribution < -0.4 is 9.47 Å². The molecule has 0 bridgehead atoms. The minimum absolute atomic E-state index is 0.157. The Morgan fingerprint density at radius 1 is 1.17 bits per heavy atom. The zero-order valence-corrected chi connectivity index (χ0v) is 17.3. The summed E-state index contributed by atoms with van der Waals surface area (Å²) in [6, 6.07) is 4.42. The van der Waals surface area contributed by atoms with Gasteiger partial charge in [-0.15, -0.1) is 0 Å². The molecule has 0 amide bonds. The van der Waals surface area contributed by atoms with Gasteiger partial charge in [0.1, 0.15) is 0 Å². The van der Waals surface area contributed by atoms with E-state index in [1.807, 2.05) is 6.07 Å². The van der Waals surface area contributed by atoms with Crippen LogP contribution in [0.1, 0.15) is 36.6 Å². The maximum absolute atomic E-state index is 12.4. The van der Waals surface area contributed by atoms with Crippen LogP contribution in [0, 0.1) is 11.8 Å². The monoisotopic (exact) mass is 396 g/mol. The lowest BCUT2D eigenvalue weighted by molar-refractivity contribution is -0.137. The maximum Gasteiger partial charge on any atom is 0.333 e. The Bertz CT molecular complexity index is 992. The van der Waals surface area contributed by atoms with E-state index >= 15 is 0 Å². The summed E-state index contributed by atoms with van der Waals surface area (Å²) in [5, 5.41) is 1.21. The molecule has 0 saturated carbocycles. The summed E-state index contributed by atoms with van der Waals surface area (Å²) in [6.45, 7) is 2.10. The highest BCUT2D eigenvalue weighted by Gasteiger charge is 2.43. The average Bonchev–Trinajstić information content (AvgIpc) is 3.13. The number of hydrogen-bond acceptors (Lipinski definition) is 5. The summed E-state index contributed by atoms with van der Waals surface area (Å²) < 4.78 is 16.1. The van der Waals surface area contributed by atoms with Gasteiger partial charge in [0.2, 0.25) is 0 Å². The molecule has 5 rings (SSSR count). The van der Waals surface area contributed by atoms with Crippen LogP contribution >= 0.6 is 0 Å². The molecule has 154 valence electrons. The van der Waals surface area contributed by atoms with Crippen molar-refractivity contribution in [3.05, 3.63) is 35.0 Å². The Morgan fingerprint density at radius 2 is 1.97 bits per heavy atom. The second-order valence-electron chi connectivity index (χ2n) is 8.36. The first kappa shape index (κ1) is 18.6. The number of ether oxygens (including phenoxy) is 3. The Kier molecular flexibility index (Phi) is 4.54. The van der Waals surface area contributed by atoms with Crippen molar-refractivity contribution in [3.63, 3.8) is 0 Å². The Labute approximate surface area is 170 Å². The van der Waals surface area contributed by atoms with Crippen molar-refractivity contribution in [1.29, 1.82) is 0 Å². The van der Waals surface area contributed by atoms with E-state index in [-0.39, 0.29) is 11.9 Å². The van der Waals surface area contributed by atoms with E-state index in [9.17, 15) is 4.79 Å². The van der Waals surface area contributed by atoms with E-state index in [1.165, 1.54) is 23.8 Å². The first-order chi connectivity index (χ1) is 14.1. The lowest BCUT2D eigenvalue weighted by atomic mass is 9.70. The second kappa shape index (κ2) is 7.10. The number of allylic oxidation sites excluding steroid dienone is 1. The van der Waals surface area contributed by atoms with Crippen LogP contribution in [0.15, 0.2) is 23.8 Å². The van der Waals surface area contributed by atoms with Crippen LogP contribution in [-0.4, -0.2) is 50.3 Å². The van der Waals surface area contributed by atoms with Gasteiger partial charge in [-0.05, 0) is 49.1 Å². The molecule has 0 radical (unpaired) electrons. The lowest BCUT2D eigenvalue weighted by Gasteiger charge is -2.47. The number of H-pyrrole nitrogens is 1. The standard InChI is InChI=1S/C23H28N2O4/c1-27-20-10-17-14-7-8-25-12-13-5-4-6-15(23(26)29-3)16(13)9-19(25)22(14)24-18(17)11-21(20)28-2/h6,10-11,13,16,19,24H,4-5,7-9,12H2,1-3H3/t13-,16-,19-/m0/s1. The van der Waals surface area contributed by atoms with E-state index in [0.717, 1.165) is 61.4 Å². The Morgan fingerprint density at radius 3 is 2.72 bits per heavy atom. The number of fused-ring (bicyclic) bond motifs is 6. The molecule has 0 unspecified atom stereocenters. The van der Waals surface area contributed by atoms with Crippen molar-refractivity contribution in [2.45, 2.75) is 31.7 Å². The van der Waals surface area contributed by atoms with Gasteiger partial charge in [-0.2, -0.15) is 0 Å². The Balaban J connectivity index is 1.55. The smallest absolute Gasteiger partial charge is 0.333 e. The second-order valence-corrected chi connectivity index (χ2v) is 8.36. The number of esters is 1. The minimum Gasteiger partial charge on any atom is -0.493 e. The molecule has 6 heteroatoms. The molecule has 0 spiro atoms. The van der Waals surface area contributed by atoms with Gasteiger partial charge in [-0.3, -0.25) is 4.90 Å². The molecule has 1 aliphatic carbocycles. The fourth-order valence-corrected chi connectivity index (χ4v) is 5.72. The molecule has 2 aliphatic heterocycles. The molecular weight excluding hydrogens is 368 g/mol. The first-order valence-corrected chi connectivity index (χ1v) is 10.4. The lowest BCUT2D eigenvalue weighted by Crippen LogP contribution is -2.47. The van der Waals surface area contributed by atoms with Gasteiger partial charge in [-0.25, -0.2) is 4.79 Å². The number of hydrogen-bond donors (Lipinski definition) is 1. The van der Waals surface area contributed by atoms with Crippen molar-refractivity contribution in [3.8, 4) is 11.5 Å². The number of rotatable bonds is 3. The van der Waals surface area contributed by atoms with Gasteiger partial charge in [-0.1, -0.05) is 6.08 Å².